The van der Waals surface area contributed by atoms with Crippen LogP contribution in [0.5, 0.6) is 0 Å². The highest BCUT2D eigenvalue weighted by atomic mass is 16.5. The third-order valence-electron chi connectivity index (χ3n) is 4.44. The zero-order valence-electron chi connectivity index (χ0n) is 16.6. The molecule has 0 bridgehead atoms. The van der Waals surface area contributed by atoms with Crippen LogP contribution in [-0.4, -0.2) is 36.0 Å². The Morgan fingerprint density at radius 1 is 1.17 bits per heavy atom. The minimum atomic E-state index is -0.637. The first-order valence-electron chi connectivity index (χ1n) is 8.97. The van der Waals surface area contributed by atoms with Crippen LogP contribution in [0.3, 0.4) is 0 Å². The number of carbonyl (C=O) groups excluding carboxylic acids is 3. The average Bonchev–Trinajstić information content (AvgIpc) is 3.02. The number of aryl methyl sites for hydroxylation is 1. The molecule has 0 spiro atoms. The molecular weight excluding hydrogens is 372 g/mol. The molecule has 7 heteroatoms. The number of esters is 2. The standard InChI is InChI=1S/C22H22N2O5/c1-15-12-19(16(2)24(15)11-10-21(26)28-3)20(25)14-29-22(27)9-8-17-4-6-18(13-23)7-5-17/h4-9,12H,10-11,14H2,1-3H3/b9-8+. The lowest BCUT2D eigenvalue weighted by Gasteiger charge is -2.08. The molecule has 29 heavy (non-hydrogen) atoms. The van der Waals surface area contributed by atoms with Crippen LogP contribution in [0.25, 0.3) is 6.08 Å². The van der Waals surface area contributed by atoms with Gasteiger partial charge in [0.05, 0.1) is 25.2 Å². The molecule has 0 unspecified atom stereocenters. The summed E-state index contributed by atoms with van der Waals surface area (Å²) in [4.78, 5) is 35.7. The van der Waals surface area contributed by atoms with Gasteiger partial charge >= 0.3 is 11.9 Å². The predicted octanol–water partition coefficient (Wildman–Crippen LogP) is 2.98. The predicted molar refractivity (Wildman–Crippen MR) is 106 cm³/mol. The number of methoxy groups -OCH3 is 1. The minimum absolute atomic E-state index is 0.204. The van der Waals surface area contributed by atoms with Crippen molar-refractivity contribution in [1.29, 1.82) is 5.26 Å². The normalized spacial score (nSPS) is 10.6. The molecule has 0 amide bonds. The molecule has 150 valence electrons. The fourth-order valence-electron chi connectivity index (χ4n) is 2.83. The number of aromatic nitrogens is 1. The van der Waals surface area contributed by atoms with Gasteiger partial charge in [0, 0.05) is 29.6 Å². The fraction of sp³-hybridized carbons (Fsp3) is 0.273. The largest absolute Gasteiger partial charge is 0.469 e. The number of ketones is 1. The average molecular weight is 394 g/mol. The van der Waals surface area contributed by atoms with Gasteiger partial charge in [-0.1, -0.05) is 12.1 Å². The third-order valence-corrected chi connectivity index (χ3v) is 4.44. The van der Waals surface area contributed by atoms with Gasteiger partial charge in [0.25, 0.3) is 0 Å². The molecule has 0 fully saturated rings. The maximum atomic E-state index is 12.4. The van der Waals surface area contributed by atoms with Gasteiger partial charge in [-0.15, -0.1) is 0 Å². The number of nitriles is 1. The summed E-state index contributed by atoms with van der Waals surface area (Å²) in [5.74, 6) is -1.28. The van der Waals surface area contributed by atoms with E-state index in [0.29, 0.717) is 23.4 Å². The van der Waals surface area contributed by atoms with Crippen LogP contribution in [0, 0.1) is 25.2 Å². The number of ether oxygens (including phenoxy) is 2. The molecule has 1 aromatic carbocycles. The van der Waals surface area contributed by atoms with Crippen LogP contribution in [0.15, 0.2) is 36.4 Å². The Bertz CT molecular complexity index is 978. The van der Waals surface area contributed by atoms with Gasteiger partial charge in [0.2, 0.25) is 5.78 Å². The van der Waals surface area contributed by atoms with Crippen molar-refractivity contribution in [3.63, 3.8) is 0 Å². The van der Waals surface area contributed by atoms with E-state index in [1.807, 2.05) is 17.6 Å². The Kier molecular flexibility index (Phi) is 7.49. The van der Waals surface area contributed by atoms with Crippen molar-refractivity contribution in [2.45, 2.75) is 26.8 Å². The van der Waals surface area contributed by atoms with Crippen LogP contribution in [-0.2, 0) is 25.6 Å². The maximum absolute atomic E-state index is 12.4. The second kappa shape index (κ2) is 10.0. The first kappa shape index (κ1) is 21.6. The lowest BCUT2D eigenvalue weighted by Crippen LogP contribution is -2.14. The molecule has 0 N–H and O–H groups in total. The molecule has 2 aromatic rings. The highest BCUT2D eigenvalue weighted by Gasteiger charge is 2.17. The molecule has 0 aliphatic heterocycles. The number of hydrogen-bond acceptors (Lipinski definition) is 6. The minimum Gasteiger partial charge on any atom is -0.469 e. The maximum Gasteiger partial charge on any atom is 0.331 e. The zero-order valence-corrected chi connectivity index (χ0v) is 16.6. The van der Waals surface area contributed by atoms with Gasteiger partial charge in [0.15, 0.2) is 6.61 Å². The van der Waals surface area contributed by atoms with Gasteiger partial charge in [-0.3, -0.25) is 9.59 Å². The first-order valence-corrected chi connectivity index (χ1v) is 8.97. The molecule has 0 radical (unpaired) electrons. The van der Waals surface area contributed by atoms with Crippen molar-refractivity contribution in [2.75, 3.05) is 13.7 Å². The monoisotopic (exact) mass is 394 g/mol. The van der Waals surface area contributed by atoms with Crippen molar-refractivity contribution in [3.05, 3.63) is 64.5 Å². The molecule has 0 aliphatic rings. The van der Waals surface area contributed by atoms with E-state index in [2.05, 4.69) is 4.74 Å². The number of rotatable bonds is 8. The smallest absolute Gasteiger partial charge is 0.331 e. The van der Waals surface area contributed by atoms with Crippen molar-refractivity contribution in [2.24, 2.45) is 0 Å². The van der Waals surface area contributed by atoms with Gasteiger partial charge in [-0.05, 0) is 43.7 Å². The second-order valence-electron chi connectivity index (χ2n) is 6.36. The SMILES string of the molecule is COC(=O)CCn1c(C)cc(C(=O)COC(=O)/C=C/c2ccc(C#N)cc2)c1C. The van der Waals surface area contributed by atoms with E-state index in [0.717, 1.165) is 11.3 Å². The van der Waals surface area contributed by atoms with E-state index in [4.69, 9.17) is 10.00 Å². The number of nitrogens with zero attached hydrogens (tertiary/aromatic N) is 2. The molecule has 0 atom stereocenters. The fourth-order valence-corrected chi connectivity index (χ4v) is 2.83. The van der Waals surface area contributed by atoms with Crippen LogP contribution in [0.1, 0.15) is 39.3 Å². The van der Waals surface area contributed by atoms with Gasteiger partial charge in [-0.25, -0.2) is 4.79 Å². The Morgan fingerprint density at radius 3 is 2.48 bits per heavy atom. The second-order valence-corrected chi connectivity index (χ2v) is 6.36. The highest BCUT2D eigenvalue weighted by molar-refractivity contribution is 6.00. The van der Waals surface area contributed by atoms with E-state index >= 15 is 0 Å². The first-order chi connectivity index (χ1) is 13.8. The van der Waals surface area contributed by atoms with Crippen molar-refractivity contribution in [1.82, 2.24) is 4.57 Å². The molecule has 1 heterocycles. The van der Waals surface area contributed by atoms with Crippen LogP contribution in [0.4, 0.5) is 0 Å². The Hall–Kier alpha value is -3.66. The third kappa shape index (κ3) is 5.91. The molecule has 7 nitrogen and oxygen atoms in total. The van der Waals surface area contributed by atoms with Gasteiger partial charge in [0.1, 0.15) is 0 Å². The van der Waals surface area contributed by atoms with Crippen LogP contribution < -0.4 is 0 Å². The summed E-state index contributed by atoms with van der Waals surface area (Å²) < 4.78 is 11.5. The summed E-state index contributed by atoms with van der Waals surface area (Å²) in [5.41, 5.74) is 3.26. The Balaban J connectivity index is 1.94. The number of benzene rings is 1. The van der Waals surface area contributed by atoms with Crippen molar-refractivity contribution >= 4 is 23.8 Å². The lowest BCUT2D eigenvalue weighted by atomic mass is 10.1. The summed E-state index contributed by atoms with van der Waals surface area (Å²) in [6, 6.07) is 10.4. The van der Waals surface area contributed by atoms with E-state index in [9.17, 15) is 14.4 Å². The number of carbonyl (C=O) groups is 3. The summed E-state index contributed by atoms with van der Waals surface area (Å²) in [7, 11) is 1.33. The molecule has 2 rings (SSSR count). The van der Waals surface area contributed by atoms with E-state index in [1.165, 1.54) is 13.2 Å². The number of hydrogen-bond donors (Lipinski definition) is 0. The van der Waals surface area contributed by atoms with Crippen molar-refractivity contribution < 1.29 is 23.9 Å². The van der Waals surface area contributed by atoms with Crippen LogP contribution >= 0.6 is 0 Å². The Morgan fingerprint density at radius 2 is 1.86 bits per heavy atom. The number of Topliss-reactive ketones (excluding diaryl/α,β-unsaturated/α-hetero) is 1. The molecular formula is C22H22N2O5. The molecule has 0 saturated carbocycles. The topological polar surface area (TPSA) is 98.4 Å². The van der Waals surface area contributed by atoms with E-state index < -0.39 is 5.97 Å². The van der Waals surface area contributed by atoms with Gasteiger partial charge in [-0.2, -0.15) is 5.26 Å². The lowest BCUT2D eigenvalue weighted by molar-refractivity contribution is -0.141. The quantitative estimate of drug-likeness (QED) is 0.388. The summed E-state index contributed by atoms with van der Waals surface area (Å²) >= 11 is 0. The summed E-state index contributed by atoms with van der Waals surface area (Å²) in [6.45, 7) is 3.65. The Labute approximate surface area is 169 Å². The van der Waals surface area contributed by atoms with E-state index in [1.54, 1.807) is 43.3 Å². The van der Waals surface area contributed by atoms with Crippen LogP contribution in [0.2, 0.25) is 0 Å². The van der Waals surface area contributed by atoms with Crippen molar-refractivity contribution in [3.8, 4) is 6.07 Å². The molecule has 1 aromatic heterocycles. The van der Waals surface area contributed by atoms with Gasteiger partial charge < -0.3 is 14.0 Å². The molecule has 0 saturated heterocycles. The summed E-state index contributed by atoms with van der Waals surface area (Å²) in [6.07, 6.45) is 2.98. The summed E-state index contributed by atoms with van der Waals surface area (Å²) in [5, 5.41) is 8.77. The molecule has 0 aliphatic carbocycles. The van der Waals surface area contributed by atoms with E-state index in [-0.39, 0.29) is 24.8 Å². The highest BCUT2D eigenvalue weighted by Crippen LogP contribution is 2.17. The zero-order chi connectivity index (χ0) is 21.4.